The SMILES string of the molecule is COCCOc1ccc(PC(=O)c2c(C)cc(C)c(C)c2C)cc1. The highest BCUT2D eigenvalue weighted by atomic mass is 31.1. The van der Waals surface area contributed by atoms with Crippen molar-refractivity contribution < 1.29 is 14.3 Å². The van der Waals surface area contributed by atoms with Crippen molar-refractivity contribution in [2.45, 2.75) is 27.7 Å². The Balaban J connectivity index is 2.11. The third-order valence-electron chi connectivity index (χ3n) is 4.25. The van der Waals surface area contributed by atoms with Crippen LogP contribution in [0.25, 0.3) is 0 Å². The second-order valence-electron chi connectivity index (χ2n) is 5.96. The van der Waals surface area contributed by atoms with E-state index < -0.39 is 0 Å². The van der Waals surface area contributed by atoms with E-state index in [2.05, 4.69) is 19.9 Å². The molecule has 0 spiro atoms. The van der Waals surface area contributed by atoms with E-state index in [0.29, 0.717) is 13.2 Å². The Morgan fingerprint density at radius 1 is 0.958 bits per heavy atom. The van der Waals surface area contributed by atoms with Gasteiger partial charge in [0, 0.05) is 12.7 Å². The fourth-order valence-corrected chi connectivity index (χ4v) is 3.81. The summed E-state index contributed by atoms with van der Waals surface area (Å²) in [5.74, 6) is 0.798. The largest absolute Gasteiger partial charge is 0.491 e. The average molecular weight is 344 g/mol. The van der Waals surface area contributed by atoms with Gasteiger partial charge in [0.05, 0.1) is 6.61 Å². The smallest absolute Gasteiger partial charge is 0.186 e. The predicted octanol–water partition coefficient (Wildman–Crippen LogP) is 4.09. The van der Waals surface area contributed by atoms with Crippen LogP contribution in [0, 0.1) is 27.7 Å². The summed E-state index contributed by atoms with van der Waals surface area (Å²) in [5.41, 5.74) is 5.67. The molecule has 1 atom stereocenters. The molecule has 1 unspecified atom stereocenters. The van der Waals surface area contributed by atoms with Gasteiger partial charge in [-0.2, -0.15) is 0 Å². The summed E-state index contributed by atoms with van der Waals surface area (Å²) in [7, 11) is 1.77. The maximum absolute atomic E-state index is 12.8. The molecule has 0 N–H and O–H groups in total. The summed E-state index contributed by atoms with van der Waals surface area (Å²) in [6.45, 7) is 9.32. The van der Waals surface area contributed by atoms with Crippen LogP contribution in [-0.2, 0) is 4.74 Å². The molecular weight excluding hydrogens is 319 g/mol. The Morgan fingerprint density at radius 3 is 2.25 bits per heavy atom. The van der Waals surface area contributed by atoms with E-state index in [1.165, 1.54) is 11.1 Å². The fraction of sp³-hybridized carbons (Fsp3) is 0.350. The minimum absolute atomic E-state index is 0.121. The van der Waals surface area contributed by atoms with Gasteiger partial charge in [0.2, 0.25) is 0 Å². The Kier molecular flexibility index (Phi) is 6.53. The molecule has 0 aliphatic heterocycles. The first-order valence-corrected chi connectivity index (χ1v) is 9.04. The summed E-state index contributed by atoms with van der Waals surface area (Å²) in [4.78, 5) is 12.8. The summed E-state index contributed by atoms with van der Waals surface area (Å²) in [6, 6.07) is 9.85. The molecule has 0 aromatic heterocycles. The third kappa shape index (κ3) is 4.43. The number of ether oxygens (including phenoxy) is 2. The maximum atomic E-state index is 12.8. The van der Waals surface area contributed by atoms with Crippen LogP contribution in [0.5, 0.6) is 5.75 Å². The molecule has 0 saturated carbocycles. The van der Waals surface area contributed by atoms with Crippen LogP contribution >= 0.6 is 8.58 Å². The number of carbonyl (C=O) groups excluding carboxylic acids is 1. The first-order valence-electron chi connectivity index (χ1n) is 8.04. The second-order valence-corrected chi connectivity index (χ2v) is 7.24. The van der Waals surface area contributed by atoms with Crippen molar-refractivity contribution in [2.75, 3.05) is 20.3 Å². The average Bonchev–Trinajstić information content (AvgIpc) is 2.54. The van der Waals surface area contributed by atoms with Crippen LogP contribution in [0.4, 0.5) is 0 Å². The molecule has 2 rings (SSSR count). The molecule has 3 nitrogen and oxygen atoms in total. The molecule has 2 aromatic rings. The molecule has 0 radical (unpaired) electrons. The molecule has 0 aliphatic rings. The Hall–Kier alpha value is -1.70. The van der Waals surface area contributed by atoms with Crippen LogP contribution in [-0.4, -0.2) is 25.8 Å². The summed E-state index contributed by atoms with van der Waals surface area (Å²) >= 11 is 0. The molecule has 2 aromatic carbocycles. The summed E-state index contributed by atoms with van der Waals surface area (Å²) in [6.07, 6.45) is 0. The highest BCUT2D eigenvalue weighted by Crippen LogP contribution is 2.28. The van der Waals surface area contributed by atoms with Gasteiger partial charge in [-0.1, -0.05) is 18.2 Å². The number of rotatable bonds is 7. The lowest BCUT2D eigenvalue weighted by molar-refractivity contribution is 0.108. The number of carbonyl (C=O) groups is 1. The van der Waals surface area contributed by atoms with E-state index in [4.69, 9.17) is 9.47 Å². The molecular formula is C20H25O3P. The molecule has 0 saturated heterocycles. The molecule has 128 valence electrons. The Bertz CT molecular complexity index is 721. The van der Waals surface area contributed by atoms with Crippen LogP contribution in [0.3, 0.4) is 0 Å². The van der Waals surface area contributed by atoms with Gasteiger partial charge in [0.1, 0.15) is 12.4 Å². The lowest BCUT2D eigenvalue weighted by Gasteiger charge is -2.14. The standard InChI is InChI=1S/C20H25O3P/c1-13-12-14(2)19(16(4)15(13)3)20(21)24-18-8-6-17(7-9-18)23-11-10-22-5/h6-9,12,24H,10-11H2,1-5H3. The third-order valence-corrected chi connectivity index (χ3v) is 5.35. The molecule has 0 heterocycles. The van der Waals surface area contributed by atoms with Gasteiger partial charge in [0.25, 0.3) is 0 Å². The number of hydrogen-bond acceptors (Lipinski definition) is 3. The molecule has 0 amide bonds. The van der Waals surface area contributed by atoms with Gasteiger partial charge in [-0.05, 0) is 76.0 Å². The van der Waals surface area contributed by atoms with Crippen LogP contribution < -0.4 is 10.0 Å². The zero-order valence-electron chi connectivity index (χ0n) is 15.0. The lowest BCUT2D eigenvalue weighted by Crippen LogP contribution is -2.07. The zero-order chi connectivity index (χ0) is 17.7. The summed E-state index contributed by atoms with van der Waals surface area (Å²) in [5, 5.41) is 1.02. The minimum atomic E-state index is 0.121. The molecule has 24 heavy (non-hydrogen) atoms. The van der Waals surface area contributed by atoms with Gasteiger partial charge in [-0.3, -0.25) is 4.79 Å². The van der Waals surface area contributed by atoms with Crippen molar-refractivity contribution in [3.05, 3.63) is 58.1 Å². The molecule has 4 heteroatoms. The van der Waals surface area contributed by atoms with Gasteiger partial charge in [-0.25, -0.2) is 0 Å². The van der Waals surface area contributed by atoms with Crippen LogP contribution in [0.1, 0.15) is 32.6 Å². The monoisotopic (exact) mass is 344 g/mol. The van der Waals surface area contributed by atoms with E-state index in [9.17, 15) is 4.79 Å². The van der Waals surface area contributed by atoms with Crippen molar-refractivity contribution >= 4 is 19.4 Å². The lowest BCUT2D eigenvalue weighted by atomic mass is 9.95. The number of aryl methyl sites for hydroxylation is 2. The van der Waals surface area contributed by atoms with Crippen LogP contribution in [0.15, 0.2) is 30.3 Å². The van der Waals surface area contributed by atoms with Crippen molar-refractivity contribution in [1.29, 1.82) is 0 Å². The number of methoxy groups -OCH3 is 1. The van der Waals surface area contributed by atoms with E-state index in [-0.39, 0.29) is 14.1 Å². The van der Waals surface area contributed by atoms with Crippen molar-refractivity contribution in [3.63, 3.8) is 0 Å². The quantitative estimate of drug-likeness (QED) is 0.561. The fourth-order valence-electron chi connectivity index (χ4n) is 2.70. The van der Waals surface area contributed by atoms with Gasteiger partial charge < -0.3 is 9.47 Å². The van der Waals surface area contributed by atoms with Crippen LogP contribution in [0.2, 0.25) is 0 Å². The molecule has 0 bridgehead atoms. The zero-order valence-corrected chi connectivity index (χ0v) is 16.0. The Morgan fingerprint density at radius 2 is 1.62 bits per heavy atom. The predicted molar refractivity (Wildman–Crippen MR) is 101 cm³/mol. The minimum Gasteiger partial charge on any atom is -0.491 e. The molecule has 0 aliphatic carbocycles. The van der Waals surface area contributed by atoms with Gasteiger partial charge in [-0.15, -0.1) is 0 Å². The second kappa shape index (κ2) is 8.41. The number of benzene rings is 2. The first kappa shape index (κ1) is 18.6. The Labute approximate surface area is 146 Å². The van der Waals surface area contributed by atoms with E-state index in [1.807, 2.05) is 38.1 Å². The van der Waals surface area contributed by atoms with Gasteiger partial charge >= 0.3 is 0 Å². The maximum Gasteiger partial charge on any atom is 0.186 e. The summed E-state index contributed by atoms with van der Waals surface area (Å²) < 4.78 is 10.5. The van der Waals surface area contributed by atoms with E-state index in [1.54, 1.807) is 7.11 Å². The molecule has 0 fully saturated rings. The highest BCUT2D eigenvalue weighted by molar-refractivity contribution is 7.66. The topological polar surface area (TPSA) is 35.5 Å². The normalized spacial score (nSPS) is 11.2. The number of hydrogen-bond donors (Lipinski definition) is 0. The van der Waals surface area contributed by atoms with Gasteiger partial charge in [0.15, 0.2) is 5.52 Å². The van der Waals surface area contributed by atoms with E-state index in [0.717, 1.165) is 27.7 Å². The van der Waals surface area contributed by atoms with E-state index >= 15 is 0 Å². The van der Waals surface area contributed by atoms with Crippen molar-refractivity contribution in [1.82, 2.24) is 0 Å². The highest BCUT2D eigenvalue weighted by Gasteiger charge is 2.15. The first-order chi connectivity index (χ1) is 11.4. The van der Waals surface area contributed by atoms with Crippen molar-refractivity contribution in [3.8, 4) is 5.75 Å². The van der Waals surface area contributed by atoms with Crippen molar-refractivity contribution in [2.24, 2.45) is 0 Å².